The van der Waals surface area contributed by atoms with Crippen LogP contribution in [0.3, 0.4) is 0 Å². The number of hydrogen-bond acceptors (Lipinski definition) is 2. The van der Waals surface area contributed by atoms with Crippen LogP contribution in [0.25, 0.3) is 0 Å². The fraction of sp³-hybridized carbons (Fsp3) is 0.444. The smallest absolute Gasteiger partial charge is 0.248 e. The first-order valence-corrected chi connectivity index (χ1v) is 4.61. The van der Waals surface area contributed by atoms with Gasteiger partial charge in [-0.05, 0) is 12.5 Å². The van der Waals surface area contributed by atoms with Gasteiger partial charge in [-0.1, -0.05) is 13.3 Å². The van der Waals surface area contributed by atoms with Crippen LogP contribution >= 0.6 is 0 Å². The van der Waals surface area contributed by atoms with Gasteiger partial charge >= 0.3 is 0 Å². The van der Waals surface area contributed by atoms with E-state index in [1.54, 1.807) is 18.5 Å². The van der Waals surface area contributed by atoms with E-state index in [0.717, 1.165) is 12.8 Å². The van der Waals surface area contributed by atoms with Crippen molar-refractivity contribution >= 4 is 11.9 Å². The van der Waals surface area contributed by atoms with Gasteiger partial charge in [-0.15, -0.1) is 0 Å². The van der Waals surface area contributed by atoms with Crippen molar-refractivity contribution in [3.8, 4) is 0 Å². The van der Waals surface area contributed by atoms with Crippen LogP contribution < -0.4 is 5.73 Å². The van der Waals surface area contributed by atoms with Crippen molar-refractivity contribution in [3.05, 3.63) is 18.5 Å². The molecule has 2 N–H and O–H groups in total. The summed E-state index contributed by atoms with van der Waals surface area (Å²) in [7, 11) is 0. The van der Waals surface area contributed by atoms with Crippen molar-refractivity contribution < 1.29 is 4.79 Å². The van der Waals surface area contributed by atoms with Crippen LogP contribution in [0.4, 0.5) is 0 Å². The molecule has 5 heteroatoms. The van der Waals surface area contributed by atoms with Crippen molar-refractivity contribution in [2.45, 2.75) is 26.2 Å². The lowest BCUT2D eigenvalue weighted by Crippen LogP contribution is -2.24. The second kappa shape index (κ2) is 5.16. The number of aromatic nitrogens is 2. The maximum atomic E-state index is 11.2. The van der Waals surface area contributed by atoms with Crippen molar-refractivity contribution in [3.63, 3.8) is 0 Å². The third-order valence-electron chi connectivity index (χ3n) is 1.72. The zero-order valence-electron chi connectivity index (χ0n) is 8.18. The van der Waals surface area contributed by atoms with Gasteiger partial charge in [0, 0.05) is 18.8 Å². The van der Waals surface area contributed by atoms with Gasteiger partial charge in [-0.25, -0.2) is 4.68 Å². The standard InChI is InChI=1S/C9H14N4O/c1-2-3-5-8(14)12-9(10)13-7-4-6-11-13/h4,6-7H,2-3,5H2,1H3,(H2,10,12,14). The topological polar surface area (TPSA) is 73.3 Å². The minimum absolute atomic E-state index is 0.121. The SMILES string of the molecule is CCCCC(=O)N=C(N)n1cccn1. The normalized spacial score (nSPS) is 11.6. The highest BCUT2D eigenvalue weighted by Crippen LogP contribution is 1.96. The highest BCUT2D eigenvalue weighted by molar-refractivity contribution is 5.92. The van der Waals surface area contributed by atoms with Crippen LogP contribution in [0, 0.1) is 0 Å². The van der Waals surface area contributed by atoms with Gasteiger partial charge in [0.1, 0.15) is 0 Å². The fourth-order valence-corrected chi connectivity index (χ4v) is 0.967. The van der Waals surface area contributed by atoms with Crippen molar-refractivity contribution in [1.29, 1.82) is 0 Å². The molecule has 0 aromatic carbocycles. The monoisotopic (exact) mass is 194 g/mol. The zero-order valence-corrected chi connectivity index (χ0v) is 8.18. The van der Waals surface area contributed by atoms with E-state index in [9.17, 15) is 4.79 Å². The molecule has 0 unspecified atom stereocenters. The molecule has 0 atom stereocenters. The molecule has 0 aliphatic heterocycles. The Kier molecular flexibility index (Phi) is 3.84. The number of rotatable bonds is 3. The molecule has 0 saturated carbocycles. The summed E-state index contributed by atoms with van der Waals surface area (Å²) in [5.74, 6) is -0.0732. The van der Waals surface area contributed by atoms with Gasteiger partial charge in [0.25, 0.3) is 0 Å². The van der Waals surface area contributed by atoms with E-state index in [1.165, 1.54) is 4.68 Å². The first kappa shape index (κ1) is 10.4. The number of carbonyl (C=O) groups is 1. The lowest BCUT2D eigenvalue weighted by molar-refractivity contribution is -0.117. The highest BCUT2D eigenvalue weighted by atomic mass is 16.1. The predicted octanol–water partition coefficient (Wildman–Crippen LogP) is 0.763. The van der Waals surface area contributed by atoms with E-state index in [2.05, 4.69) is 10.1 Å². The Morgan fingerprint density at radius 3 is 3.00 bits per heavy atom. The van der Waals surface area contributed by atoms with Gasteiger partial charge in [0.15, 0.2) is 0 Å². The molecule has 76 valence electrons. The fourth-order valence-electron chi connectivity index (χ4n) is 0.967. The van der Waals surface area contributed by atoms with Crippen molar-refractivity contribution in [2.24, 2.45) is 10.7 Å². The lowest BCUT2D eigenvalue weighted by Gasteiger charge is -1.98. The molecule has 1 heterocycles. The Labute approximate surface area is 82.6 Å². The minimum Gasteiger partial charge on any atom is -0.368 e. The second-order valence-corrected chi connectivity index (χ2v) is 2.92. The van der Waals surface area contributed by atoms with E-state index in [1.807, 2.05) is 6.92 Å². The molecule has 1 aromatic heterocycles. The Bertz CT molecular complexity index is 316. The molecule has 0 bridgehead atoms. The lowest BCUT2D eigenvalue weighted by atomic mass is 10.2. The molecule has 0 spiro atoms. The van der Waals surface area contributed by atoms with Gasteiger partial charge in [-0.2, -0.15) is 10.1 Å². The summed E-state index contributed by atoms with van der Waals surface area (Å²) in [6, 6.07) is 1.72. The molecule has 5 nitrogen and oxygen atoms in total. The summed E-state index contributed by atoms with van der Waals surface area (Å²) in [6.45, 7) is 2.02. The molecular weight excluding hydrogens is 180 g/mol. The number of hydrogen-bond donors (Lipinski definition) is 1. The summed E-state index contributed by atoms with van der Waals surface area (Å²) in [6.07, 6.45) is 5.49. The first-order chi connectivity index (χ1) is 6.74. The third-order valence-corrected chi connectivity index (χ3v) is 1.72. The zero-order chi connectivity index (χ0) is 10.4. The van der Waals surface area contributed by atoms with Gasteiger partial charge in [-0.3, -0.25) is 4.79 Å². The van der Waals surface area contributed by atoms with Crippen LogP contribution in [0.15, 0.2) is 23.5 Å². The quantitative estimate of drug-likeness (QED) is 0.570. The number of unbranched alkanes of at least 4 members (excludes halogenated alkanes) is 1. The van der Waals surface area contributed by atoms with Gasteiger partial charge < -0.3 is 5.73 Å². The highest BCUT2D eigenvalue weighted by Gasteiger charge is 2.01. The number of nitrogens with two attached hydrogens (primary N) is 1. The van der Waals surface area contributed by atoms with Crippen LogP contribution in [-0.2, 0) is 4.79 Å². The molecule has 0 fully saturated rings. The van der Waals surface area contributed by atoms with Gasteiger partial charge in [0.2, 0.25) is 11.9 Å². The van der Waals surface area contributed by atoms with Gasteiger partial charge in [0.05, 0.1) is 0 Å². The molecule has 0 radical (unpaired) electrons. The van der Waals surface area contributed by atoms with Crippen LogP contribution in [-0.4, -0.2) is 21.6 Å². The van der Waals surface area contributed by atoms with Crippen LogP contribution in [0.1, 0.15) is 26.2 Å². The summed E-state index contributed by atoms with van der Waals surface area (Å²) in [5.41, 5.74) is 5.54. The molecule has 0 saturated heterocycles. The molecule has 1 rings (SSSR count). The molecule has 14 heavy (non-hydrogen) atoms. The maximum Gasteiger partial charge on any atom is 0.248 e. The van der Waals surface area contributed by atoms with E-state index < -0.39 is 0 Å². The molecular formula is C9H14N4O. The van der Waals surface area contributed by atoms with E-state index >= 15 is 0 Å². The Morgan fingerprint density at radius 1 is 1.64 bits per heavy atom. The third kappa shape index (κ3) is 3.01. The minimum atomic E-state index is -0.195. The van der Waals surface area contributed by atoms with Crippen molar-refractivity contribution in [2.75, 3.05) is 0 Å². The summed E-state index contributed by atoms with van der Waals surface area (Å²) in [4.78, 5) is 14.9. The van der Waals surface area contributed by atoms with E-state index in [0.29, 0.717) is 6.42 Å². The van der Waals surface area contributed by atoms with Crippen LogP contribution in [0.5, 0.6) is 0 Å². The maximum absolute atomic E-state index is 11.2. The number of amides is 1. The predicted molar refractivity (Wildman–Crippen MR) is 53.8 cm³/mol. The second-order valence-electron chi connectivity index (χ2n) is 2.92. The Balaban J connectivity index is 2.55. The number of carbonyl (C=O) groups excluding carboxylic acids is 1. The summed E-state index contributed by atoms with van der Waals surface area (Å²) in [5, 5.41) is 3.86. The van der Waals surface area contributed by atoms with E-state index in [-0.39, 0.29) is 11.9 Å². The molecule has 1 aromatic rings. The Morgan fingerprint density at radius 2 is 2.43 bits per heavy atom. The Hall–Kier alpha value is -1.65. The summed E-state index contributed by atoms with van der Waals surface area (Å²) >= 11 is 0. The van der Waals surface area contributed by atoms with E-state index in [4.69, 9.17) is 5.73 Å². The summed E-state index contributed by atoms with van der Waals surface area (Å²) < 4.78 is 1.36. The number of aliphatic imine (C=N–C) groups is 1. The average Bonchev–Trinajstić information content (AvgIpc) is 2.67. The molecule has 1 amide bonds. The van der Waals surface area contributed by atoms with Crippen LogP contribution in [0.2, 0.25) is 0 Å². The molecule has 0 aliphatic rings. The average molecular weight is 194 g/mol. The largest absolute Gasteiger partial charge is 0.368 e. The molecule has 0 aliphatic carbocycles. The number of nitrogens with zero attached hydrogens (tertiary/aromatic N) is 3. The first-order valence-electron chi connectivity index (χ1n) is 4.61. The van der Waals surface area contributed by atoms with Crippen molar-refractivity contribution in [1.82, 2.24) is 9.78 Å².